The number of benzene rings is 3. The maximum atomic E-state index is 14.1. The van der Waals surface area contributed by atoms with Crippen molar-refractivity contribution in [2.45, 2.75) is 32.4 Å². The Kier molecular flexibility index (Phi) is 10.1. The molecule has 0 saturated heterocycles. The zero-order chi connectivity index (χ0) is 25.0. The number of hydrogen-bond acceptors (Lipinski definition) is 5. The van der Waals surface area contributed by atoms with Crippen LogP contribution < -0.4 is 0 Å². The lowest BCUT2D eigenvalue weighted by atomic mass is 9.96. The van der Waals surface area contributed by atoms with Gasteiger partial charge in [-0.15, -0.1) is 0 Å². The van der Waals surface area contributed by atoms with E-state index in [0.29, 0.717) is 24.2 Å². The number of hydrogen-bond donors (Lipinski definition) is 0. The van der Waals surface area contributed by atoms with Crippen LogP contribution in [-0.2, 0) is 32.1 Å². The van der Waals surface area contributed by atoms with E-state index < -0.39 is 17.9 Å². The highest BCUT2D eigenvalue weighted by Gasteiger charge is 2.35. The van der Waals surface area contributed by atoms with Crippen LogP contribution in [0.15, 0.2) is 91.0 Å². The molecule has 0 bridgehead atoms. The molecule has 0 aliphatic rings. The molecule has 3 aromatic rings. The van der Waals surface area contributed by atoms with Gasteiger partial charge in [-0.2, -0.15) is 0 Å². The molecule has 3 aromatic carbocycles. The molecule has 0 N–H and O–H groups in total. The summed E-state index contributed by atoms with van der Waals surface area (Å²) in [4.78, 5) is 40.5. The fraction of sp³-hybridized carbons (Fsp3) is 0.276. The van der Waals surface area contributed by atoms with Crippen molar-refractivity contribution in [1.82, 2.24) is 4.90 Å². The second-order valence-electron chi connectivity index (χ2n) is 8.31. The van der Waals surface area contributed by atoms with Crippen molar-refractivity contribution in [3.8, 4) is 0 Å². The molecule has 0 aliphatic heterocycles. The molecule has 0 radical (unpaired) electrons. The standard InChI is InChI=1S/C29H31NO4S/c1-22(31)35-21-26(19-18-23-12-6-3-7-13-23)28(32)30(20-24-14-8-4-9-15-24)27(29(33)34-2)25-16-10-5-11-17-25/h3-17,26-27H,18-21H2,1-2H3. The fourth-order valence-corrected chi connectivity index (χ4v) is 4.73. The number of carbonyl (C=O) groups is 3. The number of carbonyl (C=O) groups excluding carboxylic acids is 3. The highest BCUT2D eigenvalue weighted by Crippen LogP contribution is 2.29. The largest absolute Gasteiger partial charge is 0.467 e. The first-order valence-electron chi connectivity index (χ1n) is 11.6. The average molecular weight is 490 g/mol. The Labute approximate surface area is 211 Å². The van der Waals surface area contributed by atoms with Crippen molar-refractivity contribution in [3.63, 3.8) is 0 Å². The van der Waals surface area contributed by atoms with E-state index in [9.17, 15) is 14.4 Å². The molecule has 0 spiro atoms. The number of rotatable bonds is 11. The number of methoxy groups -OCH3 is 1. The van der Waals surface area contributed by atoms with Crippen molar-refractivity contribution < 1.29 is 19.1 Å². The molecule has 0 aromatic heterocycles. The van der Waals surface area contributed by atoms with Crippen LogP contribution >= 0.6 is 11.8 Å². The summed E-state index contributed by atoms with van der Waals surface area (Å²) in [6, 6.07) is 27.9. The third-order valence-electron chi connectivity index (χ3n) is 5.79. The van der Waals surface area contributed by atoms with Gasteiger partial charge in [-0.05, 0) is 29.5 Å². The summed E-state index contributed by atoms with van der Waals surface area (Å²) in [6.45, 7) is 1.76. The lowest BCUT2D eigenvalue weighted by Gasteiger charge is -2.33. The molecule has 5 nitrogen and oxygen atoms in total. The highest BCUT2D eigenvalue weighted by atomic mass is 32.2. The van der Waals surface area contributed by atoms with Gasteiger partial charge in [0, 0.05) is 25.1 Å². The molecule has 35 heavy (non-hydrogen) atoms. The fourth-order valence-electron chi connectivity index (χ4n) is 3.98. The lowest BCUT2D eigenvalue weighted by molar-refractivity contribution is -0.155. The van der Waals surface area contributed by atoms with Gasteiger partial charge in [0.05, 0.1) is 7.11 Å². The van der Waals surface area contributed by atoms with Crippen molar-refractivity contribution in [2.24, 2.45) is 5.92 Å². The normalized spacial score (nSPS) is 12.4. The SMILES string of the molecule is COC(=O)C(c1ccccc1)N(Cc1ccccc1)C(=O)C(CCc1ccccc1)CSC(C)=O. The Balaban J connectivity index is 1.97. The molecule has 0 fully saturated rings. The van der Waals surface area contributed by atoms with E-state index in [1.54, 1.807) is 4.90 Å². The van der Waals surface area contributed by atoms with Crippen molar-refractivity contribution in [3.05, 3.63) is 108 Å². The molecule has 3 rings (SSSR count). The molecule has 182 valence electrons. The van der Waals surface area contributed by atoms with Gasteiger partial charge in [-0.1, -0.05) is 103 Å². The second-order valence-corrected chi connectivity index (χ2v) is 9.51. The monoisotopic (exact) mass is 489 g/mol. The first-order chi connectivity index (χ1) is 17.0. The van der Waals surface area contributed by atoms with E-state index in [1.165, 1.54) is 14.0 Å². The van der Waals surface area contributed by atoms with E-state index >= 15 is 0 Å². The van der Waals surface area contributed by atoms with E-state index in [0.717, 1.165) is 22.9 Å². The predicted molar refractivity (Wildman–Crippen MR) is 140 cm³/mol. The molecule has 0 heterocycles. The first kappa shape index (κ1) is 26.2. The summed E-state index contributed by atoms with van der Waals surface area (Å²) in [5.41, 5.74) is 2.72. The summed E-state index contributed by atoms with van der Waals surface area (Å²) < 4.78 is 5.15. The minimum Gasteiger partial charge on any atom is -0.467 e. The number of thioether (sulfide) groups is 1. The number of ether oxygens (including phenoxy) is 1. The maximum Gasteiger partial charge on any atom is 0.333 e. The van der Waals surface area contributed by atoms with Gasteiger partial charge < -0.3 is 9.64 Å². The van der Waals surface area contributed by atoms with Crippen LogP contribution in [0.2, 0.25) is 0 Å². The van der Waals surface area contributed by atoms with Crippen molar-refractivity contribution >= 4 is 28.8 Å². The Hall–Kier alpha value is -3.38. The number of nitrogens with zero attached hydrogens (tertiary/aromatic N) is 1. The van der Waals surface area contributed by atoms with Crippen LogP contribution in [0.25, 0.3) is 0 Å². The van der Waals surface area contributed by atoms with E-state index in [2.05, 4.69) is 0 Å². The van der Waals surface area contributed by atoms with Crippen LogP contribution in [-0.4, -0.2) is 34.8 Å². The van der Waals surface area contributed by atoms with Gasteiger partial charge >= 0.3 is 5.97 Å². The smallest absolute Gasteiger partial charge is 0.333 e. The minimum atomic E-state index is -0.893. The van der Waals surface area contributed by atoms with Gasteiger partial charge in [0.2, 0.25) is 5.91 Å². The molecule has 2 atom stereocenters. The zero-order valence-corrected chi connectivity index (χ0v) is 20.9. The van der Waals surface area contributed by atoms with Crippen LogP contribution in [0.3, 0.4) is 0 Å². The maximum absolute atomic E-state index is 14.1. The quantitative estimate of drug-likeness (QED) is 0.335. The van der Waals surface area contributed by atoms with E-state index in [-0.39, 0.29) is 17.6 Å². The molecule has 6 heteroatoms. The third kappa shape index (κ3) is 7.82. The summed E-state index contributed by atoms with van der Waals surface area (Å²) in [6.07, 6.45) is 1.26. The molecule has 2 unspecified atom stereocenters. The average Bonchev–Trinajstić information content (AvgIpc) is 2.89. The topological polar surface area (TPSA) is 63.7 Å². The summed E-state index contributed by atoms with van der Waals surface area (Å²) in [7, 11) is 1.34. The number of esters is 1. The Morgan fingerprint density at radius 3 is 1.91 bits per heavy atom. The molecule has 0 aliphatic carbocycles. The van der Waals surface area contributed by atoms with Gasteiger partial charge in [0.1, 0.15) is 0 Å². The summed E-state index contributed by atoms with van der Waals surface area (Å²) >= 11 is 1.15. The van der Waals surface area contributed by atoms with Gasteiger partial charge in [0.25, 0.3) is 0 Å². The van der Waals surface area contributed by atoms with Gasteiger partial charge in [-0.3, -0.25) is 9.59 Å². The summed E-state index contributed by atoms with van der Waals surface area (Å²) in [5.74, 6) is -0.752. The Morgan fingerprint density at radius 2 is 1.37 bits per heavy atom. The molecule has 0 saturated carbocycles. The van der Waals surface area contributed by atoms with Gasteiger partial charge in [0.15, 0.2) is 11.2 Å². The van der Waals surface area contributed by atoms with E-state index in [1.807, 2.05) is 91.0 Å². The molecular formula is C29H31NO4S. The summed E-state index contributed by atoms with van der Waals surface area (Å²) in [5, 5.41) is -0.0373. The van der Waals surface area contributed by atoms with Crippen LogP contribution in [0.4, 0.5) is 0 Å². The molecule has 1 amide bonds. The van der Waals surface area contributed by atoms with Crippen LogP contribution in [0.1, 0.15) is 36.1 Å². The predicted octanol–water partition coefficient (Wildman–Crippen LogP) is 5.46. The van der Waals surface area contributed by atoms with Gasteiger partial charge in [-0.25, -0.2) is 4.79 Å². The first-order valence-corrected chi connectivity index (χ1v) is 12.6. The van der Waals surface area contributed by atoms with Crippen molar-refractivity contribution in [2.75, 3.05) is 12.9 Å². The zero-order valence-electron chi connectivity index (χ0n) is 20.1. The van der Waals surface area contributed by atoms with Crippen molar-refractivity contribution in [1.29, 1.82) is 0 Å². The number of aryl methyl sites for hydroxylation is 1. The third-order valence-corrected chi connectivity index (χ3v) is 6.77. The Bertz CT molecular complexity index is 1090. The van der Waals surface area contributed by atoms with Crippen LogP contribution in [0.5, 0.6) is 0 Å². The number of amides is 1. The highest BCUT2D eigenvalue weighted by molar-refractivity contribution is 8.13. The second kappa shape index (κ2) is 13.5. The Morgan fingerprint density at radius 1 is 0.829 bits per heavy atom. The van der Waals surface area contributed by atoms with Crippen LogP contribution in [0, 0.1) is 5.92 Å². The van der Waals surface area contributed by atoms with E-state index in [4.69, 9.17) is 4.74 Å². The molecular weight excluding hydrogens is 458 g/mol. The minimum absolute atomic E-state index is 0.0373. The lowest BCUT2D eigenvalue weighted by Crippen LogP contribution is -2.43.